The molecule has 0 aliphatic carbocycles. The Kier molecular flexibility index (Phi) is 4.26. The molecule has 0 amide bonds. The first-order valence-electron chi connectivity index (χ1n) is 6.12. The fraction of sp³-hybridized carbons (Fsp3) is 0.417. The zero-order chi connectivity index (χ0) is 13.8. The van der Waals surface area contributed by atoms with Crippen LogP contribution in [-0.2, 0) is 5.75 Å². The molecule has 1 unspecified atom stereocenters. The number of nitrogens with two attached hydrogens (primary N) is 1. The predicted octanol–water partition coefficient (Wildman–Crippen LogP) is 1.81. The van der Waals surface area contributed by atoms with Crippen LogP contribution in [0.4, 0.5) is 5.82 Å². The van der Waals surface area contributed by atoms with Crippen LogP contribution in [0, 0.1) is 0 Å². The van der Waals surface area contributed by atoms with E-state index in [0.717, 1.165) is 12.1 Å². The van der Waals surface area contributed by atoms with Gasteiger partial charge in [-0.05, 0) is 19.4 Å². The molecule has 0 radical (unpaired) electrons. The Hall–Kier alpha value is -1.76. The van der Waals surface area contributed by atoms with E-state index in [1.54, 1.807) is 0 Å². The first-order valence-corrected chi connectivity index (χ1v) is 7.10. The zero-order valence-corrected chi connectivity index (χ0v) is 11.8. The van der Waals surface area contributed by atoms with Gasteiger partial charge in [-0.2, -0.15) is 5.10 Å². The van der Waals surface area contributed by atoms with Gasteiger partial charge in [0.05, 0.1) is 5.69 Å². The summed E-state index contributed by atoms with van der Waals surface area (Å²) in [6.07, 6.45) is 3.01. The van der Waals surface area contributed by atoms with E-state index in [4.69, 9.17) is 5.73 Å². The maximum Gasteiger partial charge on any atom is 0.253 e. The van der Waals surface area contributed by atoms with E-state index in [1.807, 2.05) is 16.9 Å². The monoisotopic (exact) mass is 279 g/mol. The number of hydrogen-bond acceptors (Lipinski definition) is 5. The van der Waals surface area contributed by atoms with E-state index < -0.39 is 0 Å². The number of aromatic nitrogens is 4. The Balaban J connectivity index is 2.02. The summed E-state index contributed by atoms with van der Waals surface area (Å²) >= 11 is 1.41. The lowest BCUT2D eigenvalue weighted by molar-refractivity contribution is 0.475. The number of anilines is 1. The molecule has 19 heavy (non-hydrogen) atoms. The molecule has 7 heteroatoms. The number of hydrogen-bond donors (Lipinski definition) is 2. The SMILES string of the molecule is CCC(C)n1ccc(CSc2nc(N)cc(=O)[nH]2)n1. The third-order valence-electron chi connectivity index (χ3n) is 2.80. The van der Waals surface area contributed by atoms with Crippen molar-refractivity contribution in [3.05, 3.63) is 34.4 Å². The molecule has 6 nitrogen and oxygen atoms in total. The Labute approximate surface area is 115 Å². The van der Waals surface area contributed by atoms with E-state index in [-0.39, 0.29) is 11.4 Å². The van der Waals surface area contributed by atoms with Gasteiger partial charge in [-0.15, -0.1) is 0 Å². The molecule has 0 aromatic carbocycles. The van der Waals surface area contributed by atoms with Crippen LogP contribution in [0.15, 0.2) is 28.3 Å². The highest BCUT2D eigenvalue weighted by molar-refractivity contribution is 7.98. The molecule has 102 valence electrons. The van der Waals surface area contributed by atoms with Crippen molar-refractivity contribution in [2.45, 2.75) is 37.2 Å². The number of nitrogens with one attached hydrogen (secondary N) is 1. The molecule has 2 heterocycles. The van der Waals surface area contributed by atoms with Crippen molar-refractivity contribution in [2.24, 2.45) is 0 Å². The molecular formula is C12H17N5OS. The highest BCUT2D eigenvalue weighted by atomic mass is 32.2. The molecule has 0 fully saturated rings. The first-order chi connectivity index (χ1) is 9.08. The summed E-state index contributed by atoms with van der Waals surface area (Å²) in [5.74, 6) is 0.881. The molecule has 1 atom stereocenters. The van der Waals surface area contributed by atoms with Crippen molar-refractivity contribution in [1.82, 2.24) is 19.7 Å². The normalized spacial score (nSPS) is 12.5. The minimum Gasteiger partial charge on any atom is -0.383 e. The van der Waals surface area contributed by atoms with E-state index in [9.17, 15) is 4.79 Å². The van der Waals surface area contributed by atoms with Gasteiger partial charge < -0.3 is 10.7 Å². The van der Waals surface area contributed by atoms with Crippen LogP contribution in [0.1, 0.15) is 32.0 Å². The van der Waals surface area contributed by atoms with E-state index in [0.29, 0.717) is 17.0 Å². The molecule has 3 N–H and O–H groups in total. The van der Waals surface area contributed by atoms with Crippen molar-refractivity contribution in [3.63, 3.8) is 0 Å². The summed E-state index contributed by atoms with van der Waals surface area (Å²) in [5, 5.41) is 5.00. The maximum atomic E-state index is 11.2. The van der Waals surface area contributed by atoms with Crippen molar-refractivity contribution >= 4 is 17.6 Å². The molecule has 2 aromatic rings. The van der Waals surface area contributed by atoms with Gasteiger partial charge in [-0.1, -0.05) is 18.7 Å². The fourth-order valence-corrected chi connectivity index (χ4v) is 2.33. The van der Waals surface area contributed by atoms with Gasteiger partial charge in [0.25, 0.3) is 5.56 Å². The third-order valence-corrected chi connectivity index (χ3v) is 3.71. The van der Waals surface area contributed by atoms with Crippen LogP contribution >= 0.6 is 11.8 Å². The van der Waals surface area contributed by atoms with Gasteiger partial charge >= 0.3 is 0 Å². The van der Waals surface area contributed by atoms with E-state index >= 15 is 0 Å². The van der Waals surface area contributed by atoms with E-state index in [2.05, 4.69) is 28.9 Å². The summed E-state index contributed by atoms with van der Waals surface area (Å²) < 4.78 is 1.95. The van der Waals surface area contributed by atoms with Crippen LogP contribution in [0.25, 0.3) is 0 Å². The minimum atomic E-state index is -0.236. The Morgan fingerprint density at radius 1 is 1.58 bits per heavy atom. The second-order valence-corrected chi connectivity index (χ2v) is 5.27. The summed E-state index contributed by atoms with van der Waals surface area (Å²) in [4.78, 5) is 17.9. The van der Waals surface area contributed by atoms with Crippen molar-refractivity contribution < 1.29 is 0 Å². The van der Waals surface area contributed by atoms with Gasteiger partial charge in [0, 0.05) is 24.1 Å². The number of nitrogens with zero attached hydrogens (tertiary/aromatic N) is 3. The highest BCUT2D eigenvalue weighted by Gasteiger charge is 2.06. The van der Waals surface area contributed by atoms with Crippen LogP contribution in [-0.4, -0.2) is 19.7 Å². The van der Waals surface area contributed by atoms with Gasteiger partial charge in [-0.25, -0.2) is 4.98 Å². The Bertz CT molecular complexity index is 606. The van der Waals surface area contributed by atoms with Crippen molar-refractivity contribution in [1.29, 1.82) is 0 Å². The van der Waals surface area contributed by atoms with Crippen molar-refractivity contribution in [3.8, 4) is 0 Å². The minimum absolute atomic E-state index is 0.233. The highest BCUT2D eigenvalue weighted by Crippen LogP contribution is 2.18. The molecule has 2 rings (SSSR count). The van der Waals surface area contributed by atoms with Crippen LogP contribution in [0.5, 0.6) is 0 Å². The molecule has 0 saturated carbocycles. The Morgan fingerprint density at radius 2 is 2.37 bits per heavy atom. The molecule has 0 saturated heterocycles. The molecule has 0 spiro atoms. The largest absolute Gasteiger partial charge is 0.383 e. The number of aromatic amines is 1. The number of H-pyrrole nitrogens is 1. The lowest BCUT2D eigenvalue weighted by Crippen LogP contribution is -2.09. The fourth-order valence-electron chi connectivity index (χ4n) is 1.55. The van der Waals surface area contributed by atoms with Gasteiger partial charge in [0.2, 0.25) is 0 Å². The molecule has 2 aromatic heterocycles. The van der Waals surface area contributed by atoms with Crippen LogP contribution in [0.2, 0.25) is 0 Å². The molecule has 0 bridgehead atoms. The quantitative estimate of drug-likeness (QED) is 0.643. The van der Waals surface area contributed by atoms with Gasteiger partial charge in [0.1, 0.15) is 5.82 Å². The second-order valence-electron chi connectivity index (χ2n) is 4.31. The number of nitrogen functional groups attached to an aromatic ring is 1. The maximum absolute atomic E-state index is 11.2. The predicted molar refractivity (Wildman–Crippen MR) is 76.1 cm³/mol. The first kappa shape index (κ1) is 13.7. The number of rotatable bonds is 5. The summed E-state index contributed by atoms with van der Waals surface area (Å²) in [7, 11) is 0. The van der Waals surface area contributed by atoms with E-state index in [1.165, 1.54) is 17.8 Å². The smallest absolute Gasteiger partial charge is 0.253 e. The molecule has 0 aliphatic heterocycles. The summed E-state index contributed by atoms with van der Waals surface area (Å²) in [6.45, 7) is 4.25. The topological polar surface area (TPSA) is 89.6 Å². The second kappa shape index (κ2) is 5.92. The molecular weight excluding hydrogens is 262 g/mol. The van der Waals surface area contributed by atoms with Crippen LogP contribution < -0.4 is 11.3 Å². The zero-order valence-electron chi connectivity index (χ0n) is 11.0. The lowest BCUT2D eigenvalue weighted by Gasteiger charge is -2.07. The third kappa shape index (κ3) is 3.60. The average Bonchev–Trinajstić information content (AvgIpc) is 2.83. The number of thioether (sulfide) groups is 1. The standard InChI is InChI=1S/C12H17N5OS/c1-3-8(2)17-5-4-9(16-17)7-19-12-14-10(13)6-11(18)15-12/h4-6,8H,3,7H2,1-2H3,(H3,13,14,15,18). The lowest BCUT2D eigenvalue weighted by atomic mass is 10.3. The van der Waals surface area contributed by atoms with Crippen molar-refractivity contribution in [2.75, 3.05) is 5.73 Å². The molecule has 0 aliphatic rings. The summed E-state index contributed by atoms with van der Waals surface area (Å²) in [6, 6.07) is 3.63. The van der Waals surface area contributed by atoms with Gasteiger partial charge in [0.15, 0.2) is 5.16 Å². The Morgan fingerprint density at radius 3 is 3.05 bits per heavy atom. The van der Waals surface area contributed by atoms with Crippen LogP contribution in [0.3, 0.4) is 0 Å². The average molecular weight is 279 g/mol. The summed E-state index contributed by atoms with van der Waals surface area (Å²) in [5.41, 5.74) is 6.24. The van der Waals surface area contributed by atoms with Gasteiger partial charge in [-0.3, -0.25) is 9.48 Å².